The third-order valence-electron chi connectivity index (χ3n) is 4.14. The number of hydrogen-bond acceptors (Lipinski definition) is 5. The number of anilines is 1. The Balaban J connectivity index is 1.71. The minimum atomic E-state index is -0.446. The molecule has 0 aliphatic heterocycles. The van der Waals surface area contributed by atoms with E-state index in [1.807, 2.05) is 0 Å². The molecule has 0 fully saturated rings. The van der Waals surface area contributed by atoms with Crippen LogP contribution in [0.1, 0.15) is 11.1 Å². The second-order valence-corrected chi connectivity index (χ2v) is 6.59. The van der Waals surface area contributed by atoms with E-state index in [1.165, 1.54) is 31.4 Å². The van der Waals surface area contributed by atoms with Crippen LogP contribution in [0.4, 0.5) is 15.8 Å². The lowest BCUT2D eigenvalue weighted by Gasteiger charge is -2.15. The summed E-state index contributed by atoms with van der Waals surface area (Å²) in [5.74, 6) is 0.526. The number of nitrogens with one attached hydrogen (secondary N) is 1. The fourth-order valence-corrected chi connectivity index (χ4v) is 2.97. The largest absolute Gasteiger partial charge is 0.493 e. The Morgan fingerprint density at radius 2 is 1.86 bits per heavy atom. The lowest BCUT2D eigenvalue weighted by Crippen LogP contribution is -2.03. The van der Waals surface area contributed by atoms with E-state index >= 15 is 0 Å². The van der Waals surface area contributed by atoms with Crippen molar-refractivity contribution >= 4 is 23.0 Å². The van der Waals surface area contributed by atoms with Crippen LogP contribution < -0.4 is 14.8 Å². The monoisotopic (exact) mass is 416 g/mol. The van der Waals surface area contributed by atoms with Crippen molar-refractivity contribution in [2.45, 2.75) is 13.2 Å². The molecule has 3 rings (SSSR count). The van der Waals surface area contributed by atoms with Crippen LogP contribution in [-0.4, -0.2) is 12.0 Å². The van der Waals surface area contributed by atoms with E-state index in [9.17, 15) is 14.5 Å². The summed E-state index contributed by atoms with van der Waals surface area (Å²) < 4.78 is 24.2. The lowest BCUT2D eigenvalue weighted by atomic mass is 10.2. The quantitative estimate of drug-likeness (QED) is 0.383. The number of halogens is 2. The minimum Gasteiger partial charge on any atom is -0.493 e. The fourth-order valence-electron chi connectivity index (χ4n) is 2.69. The Kier molecular flexibility index (Phi) is 6.51. The molecule has 3 aromatic rings. The Morgan fingerprint density at radius 1 is 1.10 bits per heavy atom. The molecule has 0 aliphatic carbocycles. The van der Waals surface area contributed by atoms with Gasteiger partial charge >= 0.3 is 0 Å². The fraction of sp³-hybridized carbons (Fsp3) is 0.143. The van der Waals surface area contributed by atoms with Gasteiger partial charge in [-0.2, -0.15) is 0 Å². The average Bonchev–Trinajstić information content (AvgIpc) is 2.72. The van der Waals surface area contributed by atoms with E-state index in [-0.39, 0.29) is 18.1 Å². The first-order chi connectivity index (χ1) is 14.0. The van der Waals surface area contributed by atoms with E-state index in [1.54, 1.807) is 36.4 Å². The Morgan fingerprint density at radius 3 is 2.55 bits per heavy atom. The second-order valence-electron chi connectivity index (χ2n) is 6.19. The summed E-state index contributed by atoms with van der Waals surface area (Å²) in [6, 6.07) is 15.7. The highest BCUT2D eigenvalue weighted by Crippen LogP contribution is 2.37. The van der Waals surface area contributed by atoms with Crippen LogP contribution in [0.3, 0.4) is 0 Å². The molecule has 0 radical (unpaired) electrons. The van der Waals surface area contributed by atoms with Crippen LogP contribution in [-0.2, 0) is 13.2 Å². The van der Waals surface area contributed by atoms with Crippen molar-refractivity contribution in [2.75, 3.05) is 12.4 Å². The number of nitro benzene ring substituents is 1. The standard InChI is InChI=1S/C21H18ClFN2O4/c1-28-20-10-15(12-24-17-3-2-4-18(11-17)25(26)27)9-19(22)21(20)29-13-14-5-7-16(23)8-6-14/h2-11,24H,12-13H2,1H3. The highest BCUT2D eigenvalue weighted by Gasteiger charge is 2.13. The maximum absolute atomic E-state index is 13.0. The van der Waals surface area contributed by atoms with Crippen LogP contribution in [0.5, 0.6) is 11.5 Å². The molecule has 0 amide bonds. The van der Waals surface area contributed by atoms with Crippen LogP contribution in [0.2, 0.25) is 5.02 Å². The first-order valence-electron chi connectivity index (χ1n) is 8.68. The molecule has 0 saturated heterocycles. The summed E-state index contributed by atoms with van der Waals surface area (Å²) in [4.78, 5) is 10.4. The van der Waals surface area contributed by atoms with Crippen LogP contribution in [0.25, 0.3) is 0 Å². The van der Waals surface area contributed by atoms with Gasteiger partial charge < -0.3 is 14.8 Å². The van der Waals surface area contributed by atoms with Gasteiger partial charge in [0.05, 0.1) is 17.1 Å². The van der Waals surface area contributed by atoms with E-state index in [2.05, 4.69) is 5.32 Å². The van der Waals surface area contributed by atoms with Gasteiger partial charge in [-0.1, -0.05) is 29.8 Å². The molecule has 0 unspecified atom stereocenters. The molecule has 3 aromatic carbocycles. The van der Waals surface area contributed by atoms with E-state index in [0.717, 1.165) is 11.1 Å². The lowest BCUT2D eigenvalue weighted by molar-refractivity contribution is -0.384. The number of nitro groups is 1. The van der Waals surface area contributed by atoms with Gasteiger partial charge in [-0.15, -0.1) is 0 Å². The van der Waals surface area contributed by atoms with Crippen molar-refractivity contribution in [1.82, 2.24) is 0 Å². The molecule has 0 aliphatic rings. The first-order valence-corrected chi connectivity index (χ1v) is 9.06. The second kappa shape index (κ2) is 9.25. The smallest absolute Gasteiger partial charge is 0.271 e. The van der Waals surface area contributed by atoms with Gasteiger partial charge in [0.1, 0.15) is 12.4 Å². The summed E-state index contributed by atoms with van der Waals surface area (Å²) in [5.41, 5.74) is 2.23. The van der Waals surface area contributed by atoms with Gasteiger partial charge in [0.15, 0.2) is 11.5 Å². The number of methoxy groups -OCH3 is 1. The van der Waals surface area contributed by atoms with Crippen molar-refractivity contribution in [3.8, 4) is 11.5 Å². The average molecular weight is 417 g/mol. The molecular weight excluding hydrogens is 399 g/mol. The van der Waals surface area contributed by atoms with Crippen molar-refractivity contribution in [2.24, 2.45) is 0 Å². The summed E-state index contributed by atoms with van der Waals surface area (Å²) in [6.07, 6.45) is 0. The molecule has 0 heterocycles. The third kappa shape index (κ3) is 5.36. The van der Waals surface area contributed by atoms with Gasteiger partial charge in [-0.3, -0.25) is 10.1 Å². The molecule has 0 spiro atoms. The molecule has 8 heteroatoms. The molecule has 0 saturated carbocycles. The number of non-ortho nitro benzene ring substituents is 1. The molecule has 0 aromatic heterocycles. The highest BCUT2D eigenvalue weighted by atomic mass is 35.5. The van der Waals surface area contributed by atoms with Gasteiger partial charge in [-0.25, -0.2) is 4.39 Å². The summed E-state index contributed by atoms with van der Waals surface area (Å²) >= 11 is 6.37. The summed E-state index contributed by atoms with van der Waals surface area (Å²) in [6.45, 7) is 0.594. The zero-order valence-corrected chi connectivity index (χ0v) is 16.3. The molecule has 1 N–H and O–H groups in total. The number of rotatable bonds is 8. The van der Waals surface area contributed by atoms with Crippen molar-refractivity contribution in [3.05, 3.63) is 92.7 Å². The Labute approximate surface area is 172 Å². The maximum atomic E-state index is 13.0. The Bertz CT molecular complexity index is 1010. The zero-order valence-electron chi connectivity index (χ0n) is 15.5. The highest BCUT2D eigenvalue weighted by molar-refractivity contribution is 6.32. The van der Waals surface area contributed by atoms with Gasteiger partial charge in [0, 0.05) is 24.4 Å². The van der Waals surface area contributed by atoms with Crippen LogP contribution >= 0.6 is 11.6 Å². The predicted octanol–water partition coefficient (Wildman–Crippen LogP) is 5.59. The predicted molar refractivity (Wildman–Crippen MR) is 109 cm³/mol. The van der Waals surface area contributed by atoms with E-state index < -0.39 is 4.92 Å². The minimum absolute atomic E-state index is 0.00940. The molecule has 0 atom stereocenters. The first kappa shape index (κ1) is 20.4. The number of benzene rings is 3. The SMILES string of the molecule is COc1cc(CNc2cccc([N+](=O)[O-])c2)cc(Cl)c1OCc1ccc(F)cc1. The van der Waals surface area contributed by atoms with Crippen molar-refractivity contribution < 1.29 is 18.8 Å². The van der Waals surface area contributed by atoms with Gasteiger partial charge in [0.2, 0.25) is 0 Å². The number of hydrogen-bond donors (Lipinski definition) is 1. The molecule has 0 bridgehead atoms. The number of nitrogens with zero attached hydrogens (tertiary/aromatic N) is 1. The van der Waals surface area contributed by atoms with E-state index in [0.29, 0.717) is 28.8 Å². The summed E-state index contributed by atoms with van der Waals surface area (Å²) in [7, 11) is 1.51. The van der Waals surface area contributed by atoms with Crippen LogP contribution in [0, 0.1) is 15.9 Å². The molecule has 150 valence electrons. The van der Waals surface area contributed by atoms with Crippen molar-refractivity contribution in [1.29, 1.82) is 0 Å². The van der Waals surface area contributed by atoms with Crippen molar-refractivity contribution in [3.63, 3.8) is 0 Å². The van der Waals surface area contributed by atoms with Gasteiger partial charge in [0.25, 0.3) is 5.69 Å². The normalized spacial score (nSPS) is 10.4. The maximum Gasteiger partial charge on any atom is 0.271 e. The topological polar surface area (TPSA) is 73.6 Å². The zero-order chi connectivity index (χ0) is 20.8. The Hall–Kier alpha value is -3.32. The molecule has 6 nitrogen and oxygen atoms in total. The molecular formula is C21H18ClFN2O4. The van der Waals surface area contributed by atoms with Crippen LogP contribution in [0.15, 0.2) is 60.7 Å². The summed E-state index contributed by atoms with van der Waals surface area (Å²) in [5, 5.41) is 14.4. The number of ether oxygens (including phenoxy) is 2. The third-order valence-corrected chi connectivity index (χ3v) is 4.42. The van der Waals surface area contributed by atoms with Gasteiger partial charge in [-0.05, 0) is 41.5 Å². The molecule has 29 heavy (non-hydrogen) atoms. The van der Waals surface area contributed by atoms with E-state index in [4.69, 9.17) is 21.1 Å².